The van der Waals surface area contributed by atoms with Crippen LogP contribution in [0.5, 0.6) is 0 Å². The van der Waals surface area contributed by atoms with Crippen molar-refractivity contribution in [1.29, 1.82) is 0 Å². The predicted molar refractivity (Wildman–Crippen MR) is 81.1 cm³/mol. The molecule has 1 amide bonds. The van der Waals surface area contributed by atoms with Gasteiger partial charge in [0.05, 0.1) is 18.3 Å². The van der Waals surface area contributed by atoms with Crippen LogP contribution < -0.4 is 22.0 Å². The van der Waals surface area contributed by atoms with Crippen molar-refractivity contribution in [2.75, 3.05) is 11.9 Å². The van der Waals surface area contributed by atoms with Gasteiger partial charge in [-0.1, -0.05) is 12.1 Å². The van der Waals surface area contributed by atoms with Crippen molar-refractivity contribution in [2.45, 2.75) is 6.18 Å². The first-order chi connectivity index (χ1) is 11.8. The van der Waals surface area contributed by atoms with E-state index in [0.29, 0.717) is 5.56 Å². The number of benzene rings is 1. The maximum absolute atomic E-state index is 12.4. The first-order valence-corrected chi connectivity index (χ1v) is 6.68. The standard InChI is InChI=1S/C13H11F3N6O3/c14-13(15,16)8-3-1-7(2-4-8)5-18-20-9(23)6-17-10-11(24)19-12(25)22-21-10/h1-5H,6H2,(H,17,21)(H,20,23)(H2,19,22,24,25). The molecule has 0 aliphatic carbocycles. The first-order valence-electron chi connectivity index (χ1n) is 6.68. The molecule has 0 saturated carbocycles. The Labute approximate surface area is 137 Å². The highest BCUT2D eigenvalue weighted by Gasteiger charge is 2.29. The number of carbonyl (C=O) groups excluding carboxylic acids is 1. The number of amides is 1. The van der Waals surface area contributed by atoms with Crippen LogP contribution in [0.3, 0.4) is 0 Å². The lowest BCUT2D eigenvalue weighted by atomic mass is 10.1. The Morgan fingerprint density at radius 3 is 2.52 bits per heavy atom. The summed E-state index contributed by atoms with van der Waals surface area (Å²) in [7, 11) is 0. The Hall–Kier alpha value is -3.44. The Morgan fingerprint density at radius 2 is 1.92 bits per heavy atom. The lowest BCUT2D eigenvalue weighted by molar-refractivity contribution is -0.137. The zero-order valence-electron chi connectivity index (χ0n) is 12.3. The van der Waals surface area contributed by atoms with Crippen LogP contribution >= 0.6 is 0 Å². The molecule has 2 rings (SSSR count). The minimum Gasteiger partial charge on any atom is -0.355 e. The Morgan fingerprint density at radius 1 is 1.24 bits per heavy atom. The molecule has 12 heteroatoms. The van der Waals surface area contributed by atoms with Gasteiger partial charge in [0.1, 0.15) is 0 Å². The number of alkyl halides is 3. The molecule has 132 valence electrons. The van der Waals surface area contributed by atoms with Crippen LogP contribution in [0.1, 0.15) is 11.1 Å². The van der Waals surface area contributed by atoms with Gasteiger partial charge in [-0.2, -0.15) is 18.3 Å². The quantitative estimate of drug-likeness (QED) is 0.444. The SMILES string of the molecule is O=C(CNc1n[nH]c(=O)[nH]c1=O)NN=Cc1ccc(C(F)(F)F)cc1. The second-order valence-corrected chi connectivity index (χ2v) is 4.62. The van der Waals surface area contributed by atoms with Gasteiger partial charge in [0.2, 0.25) is 5.82 Å². The Kier molecular flexibility index (Phi) is 5.31. The molecular formula is C13H11F3N6O3. The number of anilines is 1. The van der Waals surface area contributed by atoms with Crippen LogP contribution in [0.15, 0.2) is 39.0 Å². The van der Waals surface area contributed by atoms with Crippen molar-refractivity contribution < 1.29 is 18.0 Å². The molecule has 0 bridgehead atoms. The van der Waals surface area contributed by atoms with E-state index in [-0.39, 0.29) is 12.4 Å². The molecule has 0 unspecified atom stereocenters. The topological polar surface area (TPSA) is 132 Å². The highest BCUT2D eigenvalue weighted by Crippen LogP contribution is 2.28. The lowest BCUT2D eigenvalue weighted by Crippen LogP contribution is -2.31. The molecule has 9 nitrogen and oxygen atoms in total. The monoisotopic (exact) mass is 356 g/mol. The summed E-state index contributed by atoms with van der Waals surface area (Å²) in [4.78, 5) is 35.5. The molecular weight excluding hydrogens is 345 g/mol. The molecule has 0 saturated heterocycles. The summed E-state index contributed by atoms with van der Waals surface area (Å²) in [5, 5.41) is 11.3. The summed E-state index contributed by atoms with van der Waals surface area (Å²) in [6.07, 6.45) is -3.27. The first kappa shape index (κ1) is 17.9. The number of hydrogen-bond acceptors (Lipinski definition) is 6. The summed E-state index contributed by atoms with van der Waals surface area (Å²) >= 11 is 0. The van der Waals surface area contributed by atoms with E-state index < -0.39 is 28.9 Å². The largest absolute Gasteiger partial charge is 0.416 e. The summed E-state index contributed by atoms with van der Waals surface area (Å²) in [5.74, 6) is -0.906. The van der Waals surface area contributed by atoms with Gasteiger partial charge in [0, 0.05) is 0 Å². The molecule has 0 aliphatic rings. The summed E-state index contributed by atoms with van der Waals surface area (Å²) in [5.41, 5.74) is 0.0715. The fourth-order valence-corrected chi connectivity index (χ4v) is 1.61. The number of carbonyl (C=O) groups is 1. The van der Waals surface area contributed by atoms with Gasteiger partial charge in [-0.15, -0.1) is 5.10 Å². The minimum absolute atomic E-state index is 0.263. The van der Waals surface area contributed by atoms with Crippen molar-refractivity contribution in [3.05, 3.63) is 56.2 Å². The molecule has 0 spiro atoms. The van der Waals surface area contributed by atoms with Gasteiger partial charge in [-0.05, 0) is 17.7 Å². The van der Waals surface area contributed by atoms with E-state index in [2.05, 4.69) is 20.9 Å². The van der Waals surface area contributed by atoms with Crippen molar-refractivity contribution >= 4 is 17.9 Å². The Balaban J connectivity index is 1.86. The average Bonchev–Trinajstić information content (AvgIpc) is 2.53. The molecule has 1 aromatic heterocycles. The third-order valence-electron chi connectivity index (χ3n) is 2.77. The number of halogens is 3. The highest BCUT2D eigenvalue weighted by atomic mass is 19.4. The van der Waals surface area contributed by atoms with E-state index >= 15 is 0 Å². The number of aromatic amines is 2. The fourth-order valence-electron chi connectivity index (χ4n) is 1.61. The molecule has 1 aromatic carbocycles. The average molecular weight is 356 g/mol. The maximum Gasteiger partial charge on any atom is 0.416 e. The number of aromatic nitrogens is 3. The third kappa shape index (κ3) is 5.30. The molecule has 0 fully saturated rings. The molecule has 25 heavy (non-hydrogen) atoms. The third-order valence-corrected chi connectivity index (χ3v) is 2.77. The minimum atomic E-state index is -4.43. The molecule has 1 heterocycles. The van der Waals surface area contributed by atoms with Gasteiger partial charge < -0.3 is 5.32 Å². The zero-order valence-corrected chi connectivity index (χ0v) is 12.3. The second kappa shape index (κ2) is 7.42. The fraction of sp³-hybridized carbons (Fsp3) is 0.154. The smallest absolute Gasteiger partial charge is 0.355 e. The van der Waals surface area contributed by atoms with E-state index in [0.717, 1.165) is 18.3 Å². The van der Waals surface area contributed by atoms with Crippen molar-refractivity contribution in [3.8, 4) is 0 Å². The van der Waals surface area contributed by atoms with Crippen molar-refractivity contribution in [3.63, 3.8) is 0 Å². The molecule has 0 atom stereocenters. The van der Waals surface area contributed by atoms with Gasteiger partial charge in [0.25, 0.3) is 11.5 Å². The summed E-state index contributed by atoms with van der Waals surface area (Å²) in [6.45, 7) is -0.369. The number of hydrogen-bond donors (Lipinski definition) is 4. The maximum atomic E-state index is 12.4. The molecule has 0 radical (unpaired) electrons. The zero-order chi connectivity index (χ0) is 18.4. The number of nitrogens with one attached hydrogen (secondary N) is 4. The van der Waals surface area contributed by atoms with Crippen LogP contribution in [-0.2, 0) is 11.0 Å². The highest BCUT2D eigenvalue weighted by molar-refractivity contribution is 5.84. The van der Waals surface area contributed by atoms with Gasteiger partial charge in [-0.25, -0.2) is 15.3 Å². The van der Waals surface area contributed by atoms with E-state index in [1.54, 1.807) is 0 Å². The summed E-state index contributed by atoms with van der Waals surface area (Å²) in [6, 6.07) is 4.17. The van der Waals surface area contributed by atoms with Gasteiger partial charge in [-0.3, -0.25) is 14.6 Å². The Bertz CT molecular complexity index is 885. The molecule has 2 aromatic rings. The van der Waals surface area contributed by atoms with Gasteiger partial charge in [0.15, 0.2) is 0 Å². The summed E-state index contributed by atoms with van der Waals surface area (Å²) < 4.78 is 37.2. The van der Waals surface area contributed by atoms with E-state index in [1.165, 1.54) is 12.1 Å². The van der Waals surface area contributed by atoms with E-state index in [4.69, 9.17) is 0 Å². The van der Waals surface area contributed by atoms with Crippen LogP contribution in [0.2, 0.25) is 0 Å². The van der Waals surface area contributed by atoms with Crippen LogP contribution in [-0.4, -0.2) is 33.8 Å². The van der Waals surface area contributed by atoms with Crippen LogP contribution in [0, 0.1) is 0 Å². The number of nitrogens with zero attached hydrogens (tertiary/aromatic N) is 2. The number of H-pyrrole nitrogens is 2. The van der Waals surface area contributed by atoms with Crippen molar-refractivity contribution in [1.82, 2.24) is 20.6 Å². The van der Waals surface area contributed by atoms with E-state index in [9.17, 15) is 27.6 Å². The normalized spacial score (nSPS) is 11.5. The lowest BCUT2D eigenvalue weighted by Gasteiger charge is -2.05. The van der Waals surface area contributed by atoms with Crippen molar-refractivity contribution in [2.24, 2.45) is 5.10 Å². The predicted octanol–water partition coefficient (Wildman–Crippen LogP) is 0.0392. The second-order valence-electron chi connectivity index (χ2n) is 4.62. The van der Waals surface area contributed by atoms with Crippen LogP contribution in [0.4, 0.5) is 19.0 Å². The van der Waals surface area contributed by atoms with Gasteiger partial charge >= 0.3 is 11.9 Å². The number of rotatable bonds is 5. The molecule has 4 N–H and O–H groups in total. The molecule has 0 aliphatic heterocycles. The van der Waals surface area contributed by atoms with E-state index in [1.807, 2.05) is 10.1 Å². The number of hydrazone groups is 1. The van der Waals surface area contributed by atoms with Crippen LogP contribution in [0.25, 0.3) is 0 Å².